The molecule has 21 heavy (non-hydrogen) atoms. The number of carboxylic acids is 1. The normalized spacial score (nSPS) is 10.2. The Morgan fingerprint density at radius 2 is 2.05 bits per heavy atom. The van der Waals surface area contributed by atoms with Gasteiger partial charge in [-0.3, -0.25) is 10.1 Å². The molecule has 0 amide bonds. The SMILES string of the molecule is Cc1ccc([N+](=O)[O-])cc1Oc1c(Cl)cccc1C(=O)O. The van der Waals surface area contributed by atoms with Crippen LogP contribution in [0.4, 0.5) is 5.69 Å². The standard InChI is InChI=1S/C14H10ClNO5/c1-8-5-6-9(16(19)20)7-12(8)21-13-10(14(17)18)3-2-4-11(13)15/h2-7H,1H3,(H,17,18). The Kier molecular flexibility index (Phi) is 4.09. The molecule has 0 bridgehead atoms. The number of carbonyl (C=O) groups is 1. The summed E-state index contributed by atoms with van der Waals surface area (Å²) in [6.07, 6.45) is 0. The molecular formula is C14H10ClNO5. The van der Waals surface area contributed by atoms with Crippen LogP contribution in [0, 0.1) is 17.0 Å². The molecule has 2 aromatic rings. The topological polar surface area (TPSA) is 89.7 Å². The lowest BCUT2D eigenvalue weighted by Crippen LogP contribution is -2.01. The maximum atomic E-state index is 11.2. The Hall–Kier alpha value is -2.60. The monoisotopic (exact) mass is 307 g/mol. The first-order chi connectivity index (χ1) is 9.90. The van der Waals surface area contributed by atoms with Gasteiger partial charge in [-0.1, -0.05) is 17.7 Å². The molecule has 0 aromatic heterocycles. The Bertz CT molecular complexity index is 729. The van der Waals surface area contributed by atoms with E-state index in [4.69, 9.17) is 21.4 Å². The summed E-state index contributed by atoms with van der Waals surface area (Å²) >= 11 is 5.96. The van der Waals surface area contributed by atoms with Crippen LogP contribution < -0.4 is 4.74 Å². The molecule has 6 nitrogen and oxygen atoms in total. The number of hydrogen-bond acceptors (Lipinski definition) is 4. The van der Waals surface area contributed by atoms with Crippen molar-refractivity contribution in [2.24, 2.45) is 0 Å². The van der Waals surface area contributed by atoms with Crippen LogP contribution in [-0.2, 0) is 0 Å². The van der Waals surface area contributed by atoms with Crippen LogP contribution >= 0.6 is 11.6 Å². The molecule has 2 aromatic carbocycles. The number of rotatable bonds is 4. The average Bonchev–Trinajstić information content (AvgIpc) is 2.42. The van der Waals surface area contributed by atoms with Crippen molar-refractivity contribution in [3.05, 3.63) is 62.7 Å². The third-order valence-electron chi connectivity index (χ3n) is 2.79. The van der Waals surface area contributed by atoms with Gasteiger partial charge in [0.1, 0.15) is 11.3 Å². The van der Waals surface area contributed by atoms with E-state index < -0.39 is 10.9 Å². The molecule has 0 spiro atoms. The fourth-order valence-corrected chi connectivity index (χ4v) is 1.92. The van der Waals surface area contributed by atoms with Crippen molar-refractivity contribution in [2.75, 3.05) is 0 Å². The summed E-state index contributed by atoms with van der Waals surface area (Å²) in [5.41, 5.74) is 0.352. The maximum Gasteiger partial charge on any atom is 0.339 e. The number of benzene rings is 2. The lowest BCUT2D eigenvalue weighted by molar-refractivity contribution is -0.384. The van der Waals surface area contributed by atoms with Gasteiger partial charge in [0.2, 0.25) is 0 Å². The van der Waals surface area contributed by atoms with Crippen molar-refractivity contribution in [1.82, 2.24) is 0 Å². The number of para-hydroxylation sites is 1. The number of halogens is 1. The van der Waals surface area contributed by atoms with E-state index in [1.807, 2.05) is 0 Å². The number of nitrogens with zero attached hydrogens (tertiary/aromatic N) is 1. The van der Waals surface area contributed by atoms with Gasteiger partial charge in [-0.15, -0.1) is 0 Å². The number of nitro groups is 1. The fourth-order valence-electron chi connectivity index (χ4n) is 1.70. The number of ether oxygens (including phenoxy) is 1. The largest absolute Gasteiger partial charge is 0.478 e. The zero-order valence-electron chi connectivity index (χ0n) is 10.9. The number of carboxylic acid groups (broad SMARTS) is 1. The molecule has 0 atom stereocenters. The van der Waals surface area contributed by atoms with E-state index in [2.05, 4.69) is 0 Å². The highest BCUT2D eigenvalue weighted by molar-refractivity contribution is 6.32. The molecule has 0 saturated carbocycles. The number of aryl methyl sites for hydroxylation is 1. The quantitative estimate of drug-likeness (QED) is 0.680. The van der Waals surface area contributed by atoms with Crippen molar-refractivity contribution >= 4 is 23.3 Å². The fraction of sp³-hybridized carbons (Fsp3) is 0.0714. The second kappa shape index (κ2) is 5.80. The van der Waals surface area contributed by atoms with Crippen molar-refractivity contribution in [1.29, 1.82) is 0 Å². The lowest BCUT2D eigenvalue weighted by atomic mass is 10.2. The van der Waals surface area contributed by atoms with Gasteiger partial charge in [0, 0.05) is 6.07 Å². The zero-order chi connectivity index (χ0) is 15.6. The van der Waals surface area contributed by atoms with Crippen LogP contribution in [0.3, 0.4) is 0 Å². The van der Waals surface area contributed by atoms with Crippen molar-refractivity contribution < 1.29 is 19.6 Å². The molecule has 108 valence electrons. The Morgan fingerprint density at radius 1 is 1.33 bits per heavy atom. The summed E-state index contributed by atoms with van der Waals surface area (Å²) in [6, 6.07) is 8.40. The van der Waals surface area contributed by atoms with Gasteiger partial charge in [-0.25, -0.2) is 4.79 Å². The van der Waals surface area contributed by atoms with E-state index in [-0.39, 0.29) is 27.8 Å². The van der Waals surface area contributed by atoms with E-state index >= 15 is 0 Å². The van der Waals surface area contributed by atoms with E-state index in [1.165, 1.54) is 36.4 Å². The van der Waals surface area contributed by atoms with Crippen LogP contribution in [-0.4, -0.2) is 16.0 Å². The van der Waals surface area contributed by atoms with E-state index in [0.717, 1.165) is 0 Å². The Morgan fingerprint density at radius 3 is 2.67 bits per heavy atom. The lowest BCUT2D eigenvalue weighted by Gasteiger charge is -2.12. The van der Waals surface area contributed by atoms with Crippen LogP contribution in [0.25, 0.3) is 0 Å². The molecule has 0 unspecified atom stereocenters. The van der Waals surface area contributed by atoms with Gasteiger partial charge < -0.3 is 9.84 Å². The van der Waals surface area contributed by atoms with Gasteiger partial charge in [0.15, 0.2) is 5.75 Å². The van der Waals surface area contributed by atoms with Crippen molar-refractivity contribution in [3.8, 4) is 11.5 Å². The number of aromatic carboxylic acids is 1. The molecule has 0 aliphatic rings. The van der Waals surface area contributed by atoms with Crippen LogP contribution in [0.15, 0.2) is 36.4 Å². The molecule has 2 rings (SSSR count). The minimum Gasteiger partial charge on any atom is -0.478 e. The van der Waals surface area contributed by atoms with E-state index in [0.29, 0.717) is 5.56 Å². The van der Waals surface area contributed by atoms with E-state index in [9.17, 15) is 14.9 Å². The summed E-state index contributed by atoms with van der Waals surface area (Å²) in [4.78, 5) is 21.4. The first-order valence-corrected chi connectivity index (χ1v) is 6.22. The van der Waals surface area contributed by atoms with Gasteiger partial charge in [-0.2, -0.15) is 0 Å². The average molecular weight is 308 g/mol. The number of hydrogen-bond donors (Lipinski definition) is 1. The number of nitro benzene ring substituents is 1. The highest BCUT2D eigenvalue weighted by Gasteiger charge is 2.17. The summed E-state index contributed by atoms with van der Waals surface area (Å²) in [5.74, 6) is -1.06. The molecular weight excluding hydrogens is 298 g/mol. The third-order valence-corrected chi connectivity index (χ3v) is 3.09. The summed E-state index contributed by atoms with van der Waals surface area (Å²) in [6.45, 7) is 1.69. The maximum absolute atomic E-state index is 11.2. The van der Waals surface area contributed by atoms with Gasteiger partial charge >= 0.3 is 5.97 Å². The van der Waals surface area contributed by atoms with Crippen LogP contribution in [0.1, 0.15) is 15.9 Å². The first-order valence-electron chi connectivity index (χ1n) is 5.85. The first kappa shape index (κ1) is 14.8. The van der Waals surface area contributed by atoms with Gasteiger partial charge in [-0.05, 0) is 30.7 Å². The van der Waals surface area contributed by atoms with Crippen molar-refractivity contribution in [3.63, 3.8) is 0 Å². The van der Waals surface area contributed by atoms with Gasteiger partial charge in [0.25, 0.3) is 5.69 Å². The molecule has 0 radical (unpaired) electrons. The molecule has 0 aliphatic heterocycles. The van der Waals surface area contributed by atoms with E-state index in [1.54, 1.807) is 6.92 Å². The second-order valence-corrected chi connectivity index (χ2v) is 4.64. The summed E-state index contributed by atoms with van der Waals surface area (Å²) in [5, 5.41) is 20.0. The Labute approximate surface area is 124 Å². The minimum absolute atomic E-state index is 0.0461. The molecule has 7 heteroatoms. The second-order valence-electron chi connectivity index (χ2n) is 4.23. The molecule has 0 aliphatic carbocycles. The summed E-state index contributed by atoms with van der Waals surface area (Å²) in [7, 11) is 0. The van der Waals surface area contributed by atoms with Crippen LogP contribution in [0.2, 0.25) is 5.02 Å². The predicted octanol–water partition coefficient (Wildman–Crippen LogP) is 4.05. The predicted molar refractivity (Wildman–Crippen MR) is 76.3 cm³/mol. The van der Waals surface area contributed by atoms with Crippen LogP contribution in [0.5, 0.6) is 11.5 Å². The molecule has 0 saturated heterocycles. The molecule has 0 heterocycles. The van der Waals surface area contributed by atoms with Gasteiger partial charge in [0.05, 0.1) is 16.0 Å². The third kappa shape index (κ3) is 3.11. The molecule has 0 fully saturated rings. The molecule has 1 N–H and O–H groups in total. The van der Waals surface area contributed by atoms with Crippen molar-refractivity contribution in [2.45, 2.75) is 6.92 Å². The minimum atomic E-state index is -1.20. The zero-order valence-corrected chi connectivity index (χ0v) is 11.6. The Balaban J connectivity index is 2.50. The number of non-ortho nitro benzene ring substituents is 1. The highest BCUT2D eigenvalue weighted by Crippen LogP contribution is 2.35. The highest BCUT2D eigenvalue weighted by atomic mass is 35.5. The summed E-state index contributed by atoms with van der Waals surface area (Å²) < 4.78 is 5.51. The smallest absolute Gasteiger partial charge is 0.339 e.